The van der Waals surface area contributed by atoms with Crippen LogP contribution in [0.15, 0.2) is 34.6 Å². The molecule has 0 aliphatic carbocycles. The summed E-state index contributed by atoms with van der Waals surface area (Å²) in [7, 11) is 0. The van der Waals surface area contributed by atoms with E-state index in [0.29, 0.717) is 10.2 Å². The van der Waals surface area contributed by atoms with Gasteiger partial charge in [-0.1, -0.05) is 17.7 Å². The Labute approximate surface area is 104 Å². The van der Waals surface area contributed by atoms with Crippen molar-refractivity contribution in [2.24, 2.45) is 0 Å². The van der Waals surface area contributed by atoms with E-state index in [-0.39, 0.29) is 0 Å². The molecule has 0 atom stereocenters. The predicted molar refractivity (Wildman–Crippen MR) is 62.0 cm³/mol. The van der Waals surface area contributed by atoms with E-state index < -0.39 is 0 Å². The number of pyridine rings is 1. The summed E-state index contributed by atoms with van der Waals surface area (Å²) in [6.07, 6.45) is 1.89. The Bertz CT molecular complexity index is 634. The van der Waals surface area contributed by atoms with E-state index in [2.05, 4.69) is 18.9 Å². The van der Waals surface area contributed by atoms with Gasteiger partial charge in [0.25, 0.3) is 0 Å². The lowest BCUT2D eigenvalue weighted by atomic mass is 10.5. The quantitative estimate of drug-likeness (QED) is 0.715. The first-order valence-corrected chi connectivity index (χ1v) is 6.23. The van der Waals surface area contributed by atoms with Crippen LogP contribution in [0.5, 0.6) is 0 Å². The first-order chi connectivity index (χ1) is 7.84. The Morgan fingerprint density at radius 1 is 1.25 bits per heavy atom. The summed E-state index contributed by atoms with van der Waals surface area (Å²) in [6, 6.07) is 5.72. The van der Waals surface area contributed by atoms with Crippen LogP contribution in [0.1, 0.15) is 0 Å². The third-order valence-corrected chi connectivity index (χ3v) is 3.95. The highest BCUT2D eigenvalue weighted by atomic mass is 35.5. The van der Waals surface area contributed by atoms with Crippen molar-refractivity contribution in [1.82, 2.24) is 23.3 Å². The Morgan fingerprint density at radius 2 is 2.19 bits per heavy atom. The van der Waals surface area contributed by atoms with E-state index in [4.69, 9.17) is 11.6 Å². The number of rotatable bonds is 2. The smallest absolute Gasteiger partial charge is 0.202 e. The minimum atomic E-state index is 0.405. The first-order valence-electron chi connectivity index (χ1n) is 4.30. The molecular weight excluding hydrogens is 266 g/mol. The zero-order valence-electron chi connectivity index (χ0n) is 7.74. The second-order valence-corrected chi connectivity index (χ2v) is 4.72. The van der Waals surface area contributed by atoms with Crippen molar-refractivity contribution in [3.05, 3.63) is 29.5 Å². The van der Waals surface area contributed by atoms with Gasteiger partial charge >= 0.3 is 0 Å². The minimum Gasteiger partial charge on any atom is -0.277 e. The molecule has 0 bridgehead atoms. The van der Waals surface area contributed by atoms with Crippen LogP contribution in [0.25, 0.3) is 5.65 Å². The highest BCUT2D eigenvalue weighted by Crippen LogP contribution is 2.30. The monoisotopic (exact) mass is 269 g/mol. The van der Waals surface area contributed by atoms with Crippen LogP contribution in [-0.4, -0.2) is 23.3 Å². The van der Waals surface area contributed by atoms with E-state index in [1.165, 1.54) is 11.8 Å². The highest BCUT2D eigenvalue weighted by Gasteiger charge is 2.12. The number of halogens is 1. The Hall–Kier alpha value is -1.18. The fraction of sp³-hybridized carbons (Fsp3) is 0. The van der Waals surface area contributed by atoms with Crippen molar-refractivity contribution in [3.8, 4) is 0 Å². The normalized spacial score (nSPS) is 11.1. The van der Waals surface area contributed by atoms with Gasteiger partial charge < -0.3 is 0 Å². The fourth-order valence-electron chi connectivity index (χ4n) is 1.21. The second kappa shape index (κ2) is 4.00. The molecule has 0 spiro atoms. The maximum Gasteiger partial charge on any atom is 0.202 e. The molecule has 0 aliphatic rings. The highest BCUT2D eigenvalue weighted by molar-refractivity contribution is 7.99. The molecule has 0 aromatic carbocycles. The van der Waals surface area contributed by atoms with E-state index in [1.807, 2.05) is 28.8 Å². The third-order valence-electron chi connectivity index (χ3n) is 1.89. The standard InChI is InChI=1S/C8H4ClN5S2/c9-6-7(13-16-12-6)15-8-11-10-5-3-1-2-4-14(5)8/h1-4H. The number of aromatic nitrogens is 5. The Morgan fingerprint density at radius 3 is 3.00 bits per heavy atom. The Kier molecular flexibility index (Phi) is 2.50. The lowest BCUT2D eigenvalue weighted by molar-refractivity contribution is 0.919. The van der Waals surface area contributed by atoms with Gasteiger partial charge in [0.05, 0.1) is 11.7 Å². The average molecular weight is 270 g/mol. The molecule has 5 nitrogen and oxygen atoms in total. The Balaban J connectivity index is 2.04. The van der Waals surface area contributed by atoms with Gasteiger partial charge in [-0.2, -0.15) is 8.75 Å². The molecule has 0 saturated heterocycles. The maximum absolute atomic E-state index is 5.87. The van der Waals surface area contributed by atoms with E-state index in [9.17, 15) is 0 Å². The van der Waals surface area contributed by atoms with Crippen LogP contribution < -0.4 is 0 Å². The second-order valence-electron chi connectivity index (χ2n) is 2.87. The summed E-state index contributed by atoms with van der Waals surface area (Å²) >= 11 is 8.30. The van der Waals surface area contributed by atoms with Gasteiger partial charge in [-0.15, -0.1) is 10.2 Å². The summed E-state index contributed by atoms with van der Waals surface area (Å²) in [5.41, 5.74) is 0.796. The van der Waals surface area contributed by atoms with Gasteiger partial charge in [0.1, 0.15) is 0 Å². The van der Waals surface area contributed by atoms with Gasteiger partial charge in [0.2, 0.25) is 5.16 Å². The van der Waals surface area contributed by atoms with Crippen LogP contribution in [0.3, 0.4) is 0 Å². The zero-order chi connectivity index (χ0) is 11.0. The van der Waals surface area contributed by atoms with Crippen LogP contribution in [-0.2, 0) is 0 Å². The summed E-state index contributed by atoms with van der Waals surface area (Å²) in [4.78, 5) is 0. The van der Waals surface area contributed by atoms with Gasteiger partial charge in [0.15, 0.2) is 15.8 Å². The molecule has 3 aromatic heterocycles. The molecule has 80 valence electrons. The van der Waals surface area contributed by atoms with Crippen LogP contribution in [0.4, 0.5) is 0 Å². The molecule has 3 heterocycles. The molecule has 0 fully saturated rings. The molecule has 0 unspecified atom stereocenters. The molecule has 16 heavy (non-hydrogen) atoms. The van der Waals surface area contributed by atoms with Crippen LogP contribution >= 0.6 is 35.1 Å². The molecule has 0 N–H and O–H groups in total. The molecule has 0 radical (unpaired) electrons. The van der Waals surface area contributed by atoms with Gasteiger partial charge in [-0.3, -0.25) is 4.40 Å². The SMILES string of the molecule is Clc1nsnc1Sc1nnc2ccccn12. The van der Waals surface area contributed by atoms with Crippen molar-refractivity contribution in [2.45, 2.75) is 10.2 Å². The summed E-state index contributed by atoms with van der Waals surface area (Å²) in [5.74, 6) is 0. The summed E-state index contributed by atoms with van der Waals surface area (Å²) in [5, 5.41) is 9.89. The minimum absolute atomic E-state index is 0.405. The van der Waals surface area contributed by atoms with E-state index in [0.717, 1.165) is 22.5 Å². The fourth-order valence-corrected chi connectivity index (χ4v) is 2.81. The molecule has 0 aliphatic heterocycles. The van der Waals surface area contributed by atoms with Gasteiger partial charge in [-0.05, 0) is 23.9 Å². The lowest BCUT2D eigenvalue weighted by Crippen LogP contribution is -1.85. The maximum atomic E-state index is 5.87. The summed E-state index contributed by atoms with van der Waals surface area (Å²) < 4.78 is 9.85. The topological polar surface area (TPSA) is 56.0 Å². The van der Waals surface area contributed by atoms with Crippen LogP contribution in [0.2, 0.25) is 5.15 Å². The van der Waals surface area contributed by atoms with Gasteiger partial charge in [-0.25, -0.2) is 0 Å². The largest absolute Gasteiger partial charge is 0.277 e. The average Bonchev–Trinajstić information content (AvgIpc) is 2.88. The van der Waals surface area contributed by atoms with Crippen molar-refractivity contribution in [1.29, 1.82) is 0 Å². The predicted octanol–water partition coefficient (Wildman–Crippen LogP) is 2.39. The first kappa shape index (κ1) is 10.0. The van der Waals surface area contributed by atoms with E-state index >= 15 is 0 Å². The molecular formula is C8H4ClN5S2. The number of fused-ring (bicyclic) bond motifs is 1. The molecule has 0 amide bonds. The van der Waals surface area contributed by atoms with Crippen molar-refractivity contribution in [2.75, 3.05) is 0 Å². The number of nitrogens with zero attached hydrogens (tertiary/aromatic N) is 5. The number of hydrogen-bond donors (Lipinski definition) is 0. The number of hydrogen-bond acceptors (Lipinski definition) is 6. The molecule has 3 rings (SSSR count). The van der Waals surface area contributed by atoms with Crippen LogP contribution in [0, 0.1) is 0 Å². The van der Waals surface area contributed by atoms with Gasteiger partial charge in [0, 0.05) is 6.20 Å². The van der Waals surface area contributed by atoms with E-state index in [1.54, 1.807) is 0 Å². The van der Waals surface area contributed by atoms with Crippen molar-refractivity contribution >= 4 is 40.7 Å². The van der Waals surface area contributed by atoms with Crippen molar-refractivity contribution in [3.63, 3.8) is 0 Å². The third kappa shape index (κ3) is 1.66. The zero-order valence-corrected chi connectivity index (χ0v) is 10.1. The molecule has 0 saturated carbocycles. The molecule has 8 heteroatoms. The summed E-state index contributed by atoms with van der Waals surface area (Å²) in [6.45, 7) is 0. The van der Waals surface area contributed by atoms with Crippen molar-refractivity contribution < 1.29 is 0 Å². The lowest BCUT2D eigenvalue weighted by Gasteiger charge is -1.95. The molecule has 3 aromatic rings.